The van der Waals surface area contributed by atoms with Gasteiger partial charge in [0.1, 0.15) is 23.9 Å². The Bertz CT molecular complexity index is 1370. The van der Waals surface area contributed by atoms with Crippen molar-refractivity contribution in [3.8, 4) is 16.3 Å². The first-order valence-electron chi connectivity index (χ1n) is 10.0. The van der Waals surface area contributed by atoms with Crippen LogP contribution in [0.5, 0.6) is 5.75 Å². The first-order valence-corrected chi connectivity index (χ1v) is 10.8. The van der Waals surface area contributed by atoms with Crippen LogP contribution in [-0.2, 0) is 30.3 Å². The van der Waals surface area contributed by atoms with Gasteiger partial charge in [-0.1, -0.05) is 0 Å². The molecule has 0 amide bonds. The van der Waals surface area contributed by atoms with Crippen LogP contribution < -0.4 is 4.74 Å². The Labute approximate surface area is 198 Å². The van der Waals surface area contributed by atoms with Crippen LogP contribution in [0.3, 0.4) is 0 Å². The molecule has 0 aliphatic heterocycles. The highest BCUT2D eigenvalue weighted by Gasteiger charge is 2.37. The van der Waals surface area contributed by atoms with E-state index in [0.717, 1.165) is 16.7 Å². The van der Waals surface area contributed by atoms with E-state index in [2.05, 4.69) is 4.98 Å². The Balaban J connectivity index is 1.58. The lowest BCUT2D eigenvalue weighted by molar-refractivity contribution is -0.143. The molecule has 4 aromatic rings. The van der Waals surface area contributed by atoms with Gasteiger partial charge in [-0.05, 0) is 49.4 Å². The van der Waals surface area contributed by atoms with Gasteiger partial charge >= 0.3 is 18.3 Å². The lowest BCUT2D eigenvalue weighted by Crippen LogP contribution is -2.11. The van der Waals surface area contributed by atoms with Gasteiger partial charge in [-0.3, -0.25) is 4.79 Å². The summed E-state index contributed by atoms with van der Waals surface area (Å²) in [6.07, 6.45) is -8.26. The summed E-state index contributed by atoms with van der Waals surface area (Å²) in [5.74, 6) is -0.527. The van der Waals surface area contributed by atoms with E-state index >= 15 is 0 Å². The van der Waals surface area contributed by atoms with Gasteiger partial charge in [-0.25, -0.2) is 4.98 Å². The fourth-order valence-electron chi connectivity index (χ4n) is 3.46. The zero-order valence-electron chi connectivity index (χ0n) is 17.9. The maximum Gasteiger partial charge on any atom is 0.416 e. The Kier molecular flexibility index (Phi) is 6.26. The van der Waals surface area contributed by atoms with Crippen molar-refractivity contribution in [2.75, 3.05) is 0 Å². The molecule has 2 aromatic carbocycles. The van der Waals surface area contributed by atoms with Crippen LogP contribution in [0.1, 0.15) is 21.7 Å². The Morgan fingerprint density at radius 2 is 1.69 bits per heavy atom. The number of hydrogen-bond donors (Lipinski definition) is 1. The molecular weight excluding hydrogens is 498 g/mol. The molecule has 184 valence electrons. The summed E-state index contributed by atoms with van der Waals surface area (Å²) < 4.78 is 86.4. The van der Waals surface area contributed by atoms with Crippen LogP contribution in [0.4, 0.5) is 26.3 Å². The molecule has 2 aromatic heterocycles. The minimum absolute atomic E-state index is 0.00404. The highest BCUT2D eigenvalue weighted by molar-refractivity contribution is 7.15. The van der Waals surface area contributed by atoms with Gasteiger partial charge in [0, 0.05) is 22.7 Å². The third kappa shape index (κ3) is 5.42. The van der Waals surface area contributed by atoms with Crippen LogP contribution in [0.15, 0.2) is 48.7 Å². The minimum atomic E-state index is -4.95. The Morgan fingerprint density at radius 3 is 2.29 bits per heavy atom. The molecule has 4 rings (SSSR count). The molecule has 12 heteroatoms. The summed E-state index contributed by atoms with van der Waals surface area (Å²) in [4.78, 5) is 15.6. The lowest BCUT2D eigenvalue weighted by Gasteiger charge is -2.13. The topological polar surface area (TPSA) is 64.4 Å². The van der Waals surface area contributed by atoms with Gasteiger partial charge < -0.3 is 14.4 Å². The predicted molar refractivity (Wildman–Crippen MR) is 116 cm³/mol. The molecule has 0 aliphatic carbocycles. The number of carboxylic acids is 1. The average Bonchev–Trinajstić information content (AvgIpc) is 3.33. The predicted octanol–water partition coefficient (Wildman–Crippen LogP) is 6.77. The molecule has 0 unspecified atom stereocenters. The highest BCUT2D eigenvalue weighted by atomic mass is 32.1. The number of aliphatic carboxylic acids is 1. The summed E-state index contributed by atoms with van der Waals surface area (Å²) in [5, 5.41) is 9.73. The molecule has 1 N–H and O–H groups in total. The summed E-state index contributed by atoms with van der Waals surface area (Å²) in [5.41, 5.74) is -1.98. The second kappa shape index (κ2) is 8.91. The number of rotatable bonds is 6. The van der Waals surface area contributed by atoms with E-state index in [9.17, 15) is 31.1 Å². The van der Waals surface area contributed by atoms with Crippen LogP contribution >= 0.6 is 11.3 Å². The SMILES string of the molecule is Cc1nc(-c2cc(C(F)(F)F)cc(C(F)(F)F)c2)sc1COc1ccc2c(ccn2CC(=O)O)c1. The maximum absolute atomic E-state index is 13.2. The molecule has 0 fully saturated rings. The normalized spacial score (nSPS) is 12.3. The quantitative estimate of drug-likeness (QED) is 0.288. The third-order valence-corrected chi connectivity index (χ3v) is 6.33. The van der Waals surface area contributed by atoms with Gasteiger partial charge in [-0.15, -0.1) is 11.3 Å². The first kappa shape index (κ1) is 24.6. The molecule has 0 spiro atoms. The second-order valence-electron chi connectivity index (χ2n) is 7.67. The molecule has 0 atom stereocenters. The summed E-state index contributed by atoms with van der Waals surface area (Å²) in [6.45, 7) is 1.39. The minimum Gasteiger partial charge on any atom is -0.488 e. The molecular formula is C23H16F6N2O3S. The number of carboxylic acid groups (broad SMARTS) is 1. The van der Waals surface area contributed by atoms with Crippen LogP contribution in [-0.4, -0.2) is 20.6 Å². The molecule has 35 heavy (non-hydrogen) atoms. The van der Waals surface area contributed by atoms with Gasteiger partial charge in [0.2, 0.25) is 0 Å². The monoisotopic (exact) mass is 514 g/mol. The van der Waals surface area contributed by atoms with E-state index in [-0.39, 0.29) is 29.8 Å². The largest absolute Gasteiger partial charge is 0.488 e. The van der Waals surface area contributed by atoms with Crippen LogP contribution in [0.25, 0.3) is 21.5 Å². The van der Waals surface area contributed by atoms with Gasteiger partial charge in [0.25, 0.3) is 0 Å². The van der Waals surface area contributed by atoms with E-state index in [1.165, 1.54) is 0 Å². The van der Waals surface area contributed by atoms with Crippen molar-refractivity contribution < 1.29 is 41.0 Å². The summed E-state index contributed by atoms with van der Waals surface area (Å²) in [7, 11) is 0. The fourth-order valence-corrected chi connectivity index (χ4v) is 4.43. The zero-order valence-corrected chi connectivity index (χ0v) is 18.7. The Morgan fingerprint density at radius 1 is 1.03 bits per heavy atom. The molecule has 0 aliphatic rings. The second-order valence-corrected chi connectivity index (χ2v) is 8.75. The van der Waals surface area contributed by atoms with Crippen LogP contribution in [0, 0.1) is 6.92 Å². The van der Waals surface area contributed by atoms with Crippen molar-refractivity contribution >= 4 is 28.2 Å². The number of halogens is 6. The first-order chi connectivity index (χ1) is 16.3. The number of hydrogen-bond acceptors (Lipinski definition) is 4. The molecule has 5 nitrogen and oxygen atoms in total. The smallest absolute Gasteiger partial charge is 0.416 e. The van der Waals surface area contributed by atoms with E-state index in [4.69, 9.17) is 9.84 Å². The number of alkyl halides is 6. The number of fused-ring (bicyclic) bond motifs is 1. The van der Waals surface area contributed by atoms with Crippen molar-refractivity contribution in [1.29, 1.82) is 0 Å². The van der Waals surface area contributed by atoms with Crippen molar-refractivity contribution in [1.82, 2.24) is 9.55 Å². The van der Waals surface area contributed by atoms with E-state index < -0.39 is 29.4 Å². The molecule has 2 heterocycles. The number of benzene rings is 2. The summed E-state index contributed by atoms with van der Waals surface area (Å²) in [6, 6.07) is 8.14. The third-order valence-electron chi connectivity index (χ3n) is 5.15. The standard InChI is InChI=1S/C23H16F6N2O3S/c1-12-19(11-34-17-2-3-18-13(8-17)4-5-31(18)10-20(32)33)35-21(30-12)14-6-15(22(24,25)26)9-16(7-14)23(27,28)29/h2-9H,10-11H2,1H3,(H,32,33). The number of aryl methyl sites for hydroxylation is 1. The van der Waals surface area contributed by atoms with E-state index in [0.29, 0.717) is 34.0 Å². The van der Waals surface area contributed by atoms with E-state index in [1.54, 1.807) is 42.0 Å². The highest BCUT2D eigenvalue weighted by Crippen LogP contribution is 2.40. The molecule has 0 bridgehead atoms. The van der Waals surface area contributed by atoms with Gasteiger partial charge in [0.05, 0.1) is 21.7 Å². The molecule has 0 saturated heterocycles. The average molecular weight is 514 g/mol. The summed E-state index contributed by atoms with van der Waals surface area (Å²) >= 11 is 0.945. The number of aromatic nitrogens is 2. The Hall–Kier alpha value is -3.54. The van der Waals surface area contributed by atoms with Crippen LogP contribution in [0.2, 0.25) is 0 Å². The number of thiazole rings is 1. The molecule has 0 radical (unpaired) electrons. The lowest BCUT2D eigenvalue weighted by atomic mass is 10.1. The van der Waals surface area contributed by atoms with Crippen molar-refractivity contribution in [3.05, 3.63) is 70.4 Å². The zero-order chi connectivity index (χ0) is 25.5. The van der Waals surface area contributed by atoms with E-state index in [1.807, 2.05) is 0 Å². The van der Waals surface area contributed by atoms with Gasteiger partial charge in [-0.2, -0.15) is 26.3 Å². The number of carbonyl (C=O) groups is 1. The van der Waals surface area contributed by atoms with Crippen molar-refractivity contribution in [2.24, 2.45) is 0 Å². The molecule has 0 saturated carbocycles. The van der Waals surface area contributed by atoms with Crippen molar-refractivity contribution in [3.63, 3.8) is 0 Å². The fraction of sp³-hybridized carbons (Fsp3) is 0.217. The number of ether oxygens (including phenoxy) is 1. The number of nitrogens with zero attached hydrogens (tertiary/aromatic N) is 2. The maximum atomic E-state index is 13.2. The van der Waals surface area contributed by atoms with Crippen molar-refractivity contribution in [2.45, 2.75) is 32.4 Å². The van der Waals surface area contributed by atoms with Gasteiger partial charge in [0.15, 0.2) is 0 Å².